The standard InChI is InChI=1S/C15H23NS/c1-2-16-11-15(10-14-4-3-7-17-14)9-12-5-6-13(15)8-12/h3-4,7,12-13,16H,2,5-6,8-11H2,1H3. The molecule has 2 aliphatic rings. The first-order chi connectivity index (χ1) is 8.32. The van der Waals surface area contributed by atoms with Crippen LogP contribution in [-0.2, 0) is 6.42 Å². The maximum Gasteiger partial charge on any atom is 0.00513 e. The molecule has 1 N–H and O–H groups in total. The highest BCUT2D eigenvalue weighted by molar-refractivity contribution is 7.09. The van der Waals surface area contributed by atoms with Gasteiger partial charge in [0.2, 0.25) is 0 Å². The van der Waals surface area contributed by atoms with Crippen LogP contribution in [0.3, 0.4) is 0 Å². The molecule has 17 heavy (non-hydrogen) atoms. The summed E-state index contributed by atoms with van der Waals surface area (Å²) in [6.07, 6.45) is 7.29. The van der Waals surface area contributed by atoms with Gasteiger partial charge < -0.3 is 5.32 Å². The second kappa shape index (κ2) is 4.74. The summed E-state index contributed by atoms with van der Waals surface area (Å²) in [6.45, 7) is 4.58. The van der Waals surface area contributed by atoms with Crippen LogP contribution in [0.15, 0.2) is 17.5 Å². The number of hydrogen-bond donors (Lipinski definition) is 1. The molecule has 2 fully saturated rings. The average Bonchev–Trinajstić information content (AvgIpc) is 3.02. The van der Waals surface area contributed by atoms with E-state index in [0.717, 1.165) is 18.4 Å². The minimum absolute atomic E-state index is 0.587. The fraction of sp³-hybridized carbons (Fsp3) is 0.733. The summed E-state index contributed by atoms with van der Waals surface area (Å²) in [4.78, 5) is 1.59. The van der Waals surface area contributed by atoms with E-state index in [2.05, 4.69) is 29.8 Å². The van der Waals surface area contributed by atoms with Crippen LogP contribution in [0.5, 0.6) is 0 Å². The van der Waals surface area contributed by atoms with Crippen molar-refractivity contribution in [3.8, 4) is 0 Å². The molecule has 0 spiro atoms. The highest BCUT2D eigenvalue weighted by atomic mass is 32.1. The minimum atomic E-state index is 0.587. The lowest BCUT2D eigenvalue weighted by molar-refractivity contribution is 0.158. The van der Waals surface area contributed by atoms with E-state index in [1.165, 1.54) is 38.6 Å². The van der Waals surface area contributed by atoms with Crippen molar-refractivity contribution in [3.05, 3.63) is 22.4 Å². The first-order valence-corrected chi connectivity index (χ1v) is 7.93. The van der Waals surface area contributed by atoms with Gasteiger partial charge in [0, 0.05) is 11.4 Å². The van der Waals surface area contributed by atoms with Gasteiger partial charge in [0.25, 0.3) is 0 Å². The predicted octanol–water partition coefficient (Wildman–Crippen LogP) is 3.71. The molecular formula is C15H23NS. The van der Waals surface area contributed by atoms with Crippen molar-refractivity contribution in [1.29, 1.82) is 0 Å². The second-order valence-corrected chi connectivity index (χ2v) is 7.01. The summed E-state index contributed by atoms with van der Waals surface area (Å²) in [5.74, 6) is 2.03. The van der Waals surface area contributed by atoms with Crippen molar-refractivity contribution in [3.63, 3.8) is 0 Å². The Hall–Kier alpha value is -0.340. The Morgan fingerprint density at radius 1 is 1.47 bits per heavy atom. The van der Waals surface area contributed by atoms with Crippen molar-refractivity contribution in [1.82, 2.24) is 5.32 Å². The van der Waals surface area contributed by atoms with Crippen molar-refractivity contribution < 1.29 is 0 Å². The van der Waals surface area contributed by atoms with Crippen LogP contribution in [0.4, 0.5) is 0 Å². The van der Waals surface area contributed by atoms with Gasteiger partial charge >= 0.3 is 0 Å². The lowest BCUT2D eigenvalue weighted by Crippen LogP contribution is -2.40. The smallest absolute Gasteiger partial charge is 0.00513 e. The van der Waals surface area contributed by atoms with Gasteiger partial charge in [-0.25, -0.2) is 0 Å². The third kappa shape index (κ3) is 2.17. The summed E-state index contributed by atoms with van der Waals surface area (Å²) in [5, 5.41) is 5.86. The van der Waals surface area contributed by atoms with E-state index < -0.39 is 0 Å². The monoisotopic (exact) mass is 249 g/mol. The van der Waals surface area contributed by atoms with Crippen molar-refractivity contribution in [2.24, 2.45) is 17.3 Å². The van der Waals surface area contributed by atoms with Gasteiger partial charge in [-0.1, -0.05) is 19.4 Å². The largest absolute Gasteiger partial charge is 0.316 e. The van der Waals surface area contributed by atoms with Crippen LogP contribution in [0.1, 0.15) is 37.5 Å². The molecule has 0 saturated heterocycles. The molecular weight excluding hydrogens is 226 g/mol. The molecule has 3 unspecified atom stereocenters. The zero-order chi connectivity index (χ0) is 11.7. The minimum Gasteiger partial charge on any atom is -0.316 e. The van der Waals surface area contributed by atoms with Gasteiger partial charge in [-0.3, -0.25) is 0 Å². The van der Waals surface area contributed by atoms with Gasteiger partial charge in [-0.2, -0.15) is 0 Å². The topological polar surface area (TPSA) is 12.0 Å². The lowest BCUT2D eigenvalue weighted by atomic mass is 9.70. The predicted molar refractivity (Wildman–Crippen MR) is 74.4 cm³/mol. The SMILES string of the molecule is CCNCC1(Cc2cccs2)CC2CCC1C2. The summed E-state index contributed by atoms with van der Waals surface area (Å²) in [5.41, 5.74) is 0.587. The number of hydrogen-bond acceptors (Lipinski definition) is 2. The Labute approximate surface area is 109 Å². The molecule has 0 aliphatic heterocycles. The highest BCUT2D eigenvalue weighted by Crippen LogP contribution is 2.57. The molecule has 1 aromatic rings. The van der Waals surface area contributed by atoms with Crippen LogP contribution in [0.25, 0.3) is 0 Å². The lowest BCUT2D eigenvalue weighted by Gasteiger charge is -2.38. The van der Waals surface area contributed by atoms with Crippen LogP contribution < -0.4 is 5.32 Å². The number of rotatable bonds is 5. The van der Waals surface area contributed by atoms with Gasteiger partial charge in [0.15, 0.2) is 0 Å². The normalized spacial score (nSPS) is 35.6. The Morgan fingerprint density at radius 2 is 2.41 bits per heavy atom. The zero-order valence-electron chi connectivity index (χ0n) is 10.7. The Kier molecular flexibility index (Phi) is 3.27. The Morgan fingerprint density at radius 3 is 3.00 bits per heavy atom. The molecule has 2 heteroatoms. The molecule has 1 nitrogen and oxygen atoms in total. The van der Waals surface area contributed by atoms with Crippen molar-refractivity contribution >= 4 is 11.3 Å². The van der Waals surface area contributed by atoms with Crippen LogP contribution in [0, 0.1) is 17.3 Å². The van der Waals surface area contributed by atoms with Crippen LogP contribution in [0.2, 0.25) is 0 Å². The molecule has 2 saturated carbocycles. The third-order valence-electron chi connectivity index (χ3n) is 4.94. The van der Waals surface area contributed by atoms with E-state index in [-0.39, 0.29) is 0 Å². The fourth-order valence-electron chi connectivity index (χ4n) is 4.19. The summed E-state index contributed by atoms with van der Waals surface area (Å²) in [7, 11) is 0. The first-order valence-electron chi connectivity index (χ1n) is 7.05. The molecule has 3 atom stereocenters. The van der Waals surface area contributed by atoms with Crippen LogP contribution >= 0.6 is 11.3 Å². The van der Waals surface area contributed by atoms with E-state index >= 15 is 0 Å². The number of thiophene rings is 1. The average molecular weight is 249 g/mol. The van der Waals surface area contributed by atoms with Gasteiger partial charge in [0.05, 0.1) is 0 Å². The molecule has 1 aromatic heterocycles. The summed E-state index contributed by atoms with van der Waals surface area (Å²) in [6, 6.07) is 4.53. The van der Waals surface area contributed by atoms with E-state index in [4.69, 9.17) is 0 Å². The summed E-state index contributed by atoms with van der Waals surface area (Å²) < 4.78 is 0. The molecule has 0 amide bonds. The van der Waals surface area contributed by atoms with Crippen molar-refractivity contribution in [2.75, 3.05) is 13.1 Å². The first kappa shape index (κ1) is 11.7. The quantitative estimate of drug-likeness (QED) is 0.839. The van der Waals surface area contributed by atoms with Gasteiger partial charge in [-0.05, 0) is 60.9 Å². The van der Waals surface area contributed by atoms with Crippen molar-refractivity contribution in [2.45, 2.75) is 39.0 Å². The number of fused-ring (bicyclic) bond motifs is 2. The molecule has 2 aliphatic carbocycles. The van der Waals surface area contributed by atoms with Gasteiger partial charge in [-0.15, -0.1) is 11.3 Å². The van der Waals surface area contributed by atoms with Gasteiger partial charge in [0.1, 0.15) is 0 Å². The molecule has 3 rings (SSSR count). The maximum atomic E-state index is 3.63. The molecule has 1 heterocycles. The van der Waals surface area contributed by atoms with Crippen LogP contribution in [-0.4, -0.2) is 13.1 Å². The summed E-state index contributed by atoms with van der Waals surface area (Å²) >= 11 is 1.94. The third-order valence-corrected chi connectivity index (χ3v) is 5.81. The van der Waals surface area contributed by atoms with E-state index in [9.17, 15) is 0 Å². The highest BCUT2D eigenvalue weighted by Gasteiger charge is 2.50. The molecule has 0 radical (unpaired) electrons. The maximum absolute atomic E-state index is 3.63. The Balaban J connectivity index is 1.77. The second-order valence-electron chi connectivity index (χ2n) is 5.98. The molecule has 2 bridgehead atoms. The molecule has 0 aromatic carbocycles. The number of nitrogens with one attached hydrogen (secondary N) is 1. The van der Waals surface area contributed by atoms with E-state index in [1.54, 1.807) is 4.88 Å². The van der Waals surface area contributed by atoms with E-state index in [0.29, 0.717) is 5.41 Å². The van der Waals surface area contributed by atoms with E-state index in [1.807, 2.05) is 11.3 Å². The Bertz CT molecular complexity index is 359. The zero-order valence-corrected chi connectivity index (χ0v) is 11.6. The fourth-order valence-corrected chi connectivity index (χ4v) is 5.05. The molecule has 94 valence electrons.